The highest BCUT2D eigenvalue weighted by Gasteiger charge is 2.21. The summed E-state index contributed by atoms with van der Waals surface area (Å²) in [6, 6.07) is 4.52. The summed E-state index contributed by atoms with van der Waals surface area (Å²) in [5.41, 5.74) is 0.549. The number of nitro benzene ring substituents is 1. The van der Waals surface area contributed by atoms with Gasteiger partial charge in [0.05, 0.1) is 11.5 Å². The molecule has 0 atom stereocenters. The molecule has 0 aliphatic rings. The van der Waals surface area contributed by atoms with Crippen molar-refractivity contribution >= 4 is 23.3 Å². The standard InChI is InChI=1S/C12H14ClNO4/c1-2-18-12(15)10-6-5-9(4-3-7-13)8-11(10)14(16)17/h5-6,8H,2-4,7H2,1H3. The SMILES string of the molecule is CCOC(=O)c1ccc(CCCCl)cc1[N+](=O)[O-]. The van der Waals surface area contributed by atoms with E-state index in [4.69, 9.17) is 16.3 Å². The number of rotatable bonds is 6. The summed E-state index contributed by atoms with van der Waals surface area (Å²) in [5, 5.41) is 10.9. The first kappa shape index (κ1) is 14.4. The van der Waals surface area contributed by atoms with Gasteiger partial charge < -0.3 is 4.74 Å². The number of nitrogens with zero attached hydrogens (tertiary/aromatic N) is 1. The van der Waals surface area contributed by atoms with Gasteiger partial charge in [-0.1, -0.05) is 6.07 Å². The highest BCUT2D eigenvalue weighted by molar-refractivity contribution is 6.17. The average molecular weight is 272 g/mol. The minimum atomic E-state index is -0.673. The second-order valence-electron chi connectivity index (χ2n) is 3.62. The Bertz CT molecular complexity index is 448. The first-order valence-electron chi connectivity index (χ1n) is 5.60. The molecule has 0 fully saturated rings. The predicted molar refractivity (Wildman–Crippen MR) is 68.1 cm³/mol. The molecule has 18 heavy (non-hydrogen) atoms. The Labute approximate surface area is 110 Å². The zero-order chi connectivity index (χ0) is 13.5. The lowest BCUT2D eigenvalue weighted by atomic mass is 10.1. The summed E-state index contributed by atoms with van der Waals surface area (Å²) >= 11 is 5.57. The fourth-order valence-electron chi connectivity index (χ4n) is 1.54. The molecule has 1 rings (SSSR count). The van der Waals surface area contributed by atoms with Crippen LogP contribution in [0.5, 0.6) is 0 Å². The molecule has 1 aromatic rings. The molecule has 0 bridgehead atoms. The number of alkyl halides is 1. The number of halogens is 1. The third-order valence-electron chi connectivity index (χ3n) is 2.35. The Balaban J connectivity index is 3.04. The van der Waals surface area contributed by atoms with E-state index in [0.29, 0.717) is 12.3 Å². The van der Waals surface area contributed by atoms with Crippen LogP contribution >= 0.6 is 11.6 Å². The van der Waals surface area contributed by atoms with E-state index in [9.17, 15) is 14.9 Å². The number of ether oxygens (including phenoxy) is 1. The molecule has 1 aromatic carbocycles. The van der Waals surface area contributed by atoms with Crippen LogP contribution in [0.3, 0.4) is 0 Å². The first-order valence-corrected chi connectivity index (χ1v) is 6.14. The van der Waals surface area contributed by atoms with E-state index in [0.717, 1.165) is 12.0 Å². The van der Waals surface area contributed by atoms with E-state index in [1.54, 1.807) is 13.0 Å². The van der Waals surface area contributed by atoms with Crippen molar-refractivity contribution in [3.8, 4) is 0 Å². The Morgan fingerprint density at radius 1 is 1.50 bits per heavy atom. The average Bonchev–Trinajstić information content (AvgIpc) is 2.36. The van der Waals surface area contributed by atoms with Crippen LogP contribution in [0.15, 0.2) is 18.2 Å². The minimum Gasteiger partial charge on any atom is -0.462 e. The molecular formula is C12H14ClNO4. The van der Waals surface area contributed by atoms with Gasteiger partial charge in [-0.05, 0) is 31.4 Å². The molecule has 6 heteroatoms. The molecule has 0 N–H and O–H groups in total. The summed E-state index contributed by atoms with van der Waals surface area (Å²) < 4.78 is 4.78. The number of carbonyl (C=O) groups excluding carboxylic acids is 1. The number of aryl methyl sites for hydroxylation is 1. The second-order valence-corrected chi connectivity index (χ2v) is 4.00. The molecule has 0 radical (unpaired) electrons. The van der Waals surface area contributed by atoms with E-state index < -0.39 is 10.9 Å². The molecule has 0 spiro atoms. The van der Waals surface area contributed by atoms with E-state index in [2.05, 4.69) is 0 Å². The van der Waals surface area contributed by atoms with Gasteiger partial charge in [0, 0.05) is 11.9 Å². The van der Waals surface area contributed by atoms with E-state index in [1.165, 1.54) is 12.1 Å². The largest absolute Gasteiger partial charge is 0.462 e. The summed E-state index contributed by atoms with van der Waals surface area (Å²) in [5.74, 6) is -0.180. The number of nitro groups is 1. The van der Waals surface area contributed by atoms with Crippen LogP contribution in [0.4, 0.5) is 5.69 Å². The zero-order valence-electron chi connectivity index (χ0n) is 10.0. The highest BCUT2D eigenvalue weighted by atomic mass is 35.5. The fourth-order valence-corrected chi connectivity index (χ4v) is 1.67. The van der Waals surface area contributed by atoms with Crippen molar-refractivity contribution in [1.82, 2.24) is 0 Å². The molecule has 0 aliphatic heterocycles. The van der Waals surface area contributed by atoms with Crippen LogP contribution in [0.25, 0.3) is 0 Å². The normalized spacial score (nSPS) is 10.1. The van der Waals surface area contributed by atoms with Crippen LogP contribution in [0.1, 0.15) is 29.3 Å². The topological polar surface area (TPSA) is 69.4 Å². The lowest BCUT2D eigenvalue weighted by Gasteiger charge is -2.05. The number of benzene rings is 1. The third-order valence-corrected chi connectivity index (χ3v) is 2.62. The van der Waals surface area contributed by atoms with Crippen molar-refractivity contribution in [3.63, 3.8) is 0 Å². The van der Waals surface area contributed by atoms with Crippen molar-refractivity contribution in [1.29, 1.82) is 0 Å². The van der Waals surface area contributed by atoms with Gasteiger partial charge in [0.2, 0.25) is 0 Å². The van der Waals surface area contributed by atoms with Crippen LogP contribution < -0.4 is 0 Å². The summed E-state index contributed by atoms with van der Waals surface area (Å²) in [6.45, 7) is 1.84. The van der Waals surface area contributed by atoms with Crippen molar-refractivity contribution < 1.29 is 14.5 Å². The van der Waals surface area contributed by atoms with Crippen molar-refractivity contribution in [3.05, 3.63) is 39.4 Å². The van der Waals surface area contributed by atoms with Gasteiger partial charge in [-0.15, -0.1) is 11.6 Å². The molecule has 0 aliphatic carbocycles. The van der Waals surface area contributed by atoms with E-state index in [1.807, 2.05) is 0 Å². The molecule has 98 valence electrons. The molecule has 0 saturated carbocycles. The van der Waals surface area contributed by atoms with Crippen molar-refractivity contribution in [2.24, 2.45) is 0 Å². The van der Waals surface area contributed by atoms with Gasteiger partial charge in [0.15, 0.2) is 0 Å². The Morgan fingerprint density at radius 2 is 2.22 bits per heavy atom. The Hall–Kier alpha value is -1.62. The second kappa shape index (κ2) is 6.96. The molecule has 5 nitrogen and oxygen atoms in total. The minimum absolute atomic E-state index is 0.0172. The molecule has 0 heterocycles. The van der Waals surface area contributed by atoms with Gasteiger partial charge in [-0.25, -0.2) is 4.79 Å². The fraction of sp³-hybridized carbons (Fsp3) is 0.417. The zero-order valence-corrected chi connectivity index (χ0v) is 10.8. The maximum atomic E-state index is 11.5. The Morgan fingerprint density at radius 3 is 2.78 bits per heavy atom. The quantitative estimate of drug-likeness (QED) is 0.345. The van der Waals surface area contributed by atoms with E-state index in [-0.39, 0.29) is 17.9 Å². The smallest absolute Gasteiger partial charge is 0.345 e. The van der Waals surface area contributed by atoms with Gasteiger partial charge >= 0.3 is 5.97 Å². The summed E-state index contributed by atoms with van der Waals surface area (Å²) in [7, 11) is 0. The number of hydrogen-bond acceptors (Lipinski definition) is 4. The van der Waals surface area contributed by atoms with Gasteiger partial charge in [0.1, 0.15) is 5.56 Å². The van der Waals surface area contributed by atoms with Crippen LogP contribution in [0, 0.1) is 10.1 Å². The molecular weight excluding hydrogens is 258 g/mol. The first-order chi connectivity index (χ1) is 8.60. The summed E-state index contributed by atoms with van der Waals surface area (Å²) in [4.78, 5) is 21.9. The highest BCUT2D eigenvalue weighted by Crippen LogP contribution is 2.22. The van der Waals surface area contributed by atoms with Crippen LogP contribution in [-0.4, -0.2) is 23.4 Å². The predicted octanol–water partition coefficient (Wildman–Crippen LogP) is 2.94. The van der Waals surface area contributed by atoms with Gasteiger partial charge in [-0.3, -0.25) is 10.1 Å². The van der Waals surface area contributed by atoms with Crippen molar-refractivity contribution in [2.45, 2.75) is 19.8 Å². The third kappa shape index (κ3) is 3.70. The van der Waals surface area contributed by atoms with Crippen molar-refractivity contribution in [2.75, 3.05) is 12.5 Å². The molecule has 0 unspecified atom stereocenters. The van der Waals surface area contributed by atoms with E-state index >= 15 is 0 Å². The maximum Gasteiger partial charge on any atom is 0.345 e. The summed E-state index contributed by atoms with van der Waals surface area (Å²) in [6.07, 6.45) is 1.38. The molecule has 0 amide bonds. The van der Waals surface area contributed by atoms with Crippen LogP contribution in [-0.2, 0) is 11.2 Å². The lowest BCUT2D eigenvalue weighted by molar-refractivity contribution is -0.385. The Kier molecular flexibility index (Phi) is 5.58. The molecule has 0 aromatic heterocycles. The number of carbonyl (C=O) groups is 1. The lowest BCUT2D eigenvalue weighted by Crippen LogP contribution is -2.08. The molecule has 0 saturated heterocycles. The monoisotopic (exact) mass is 271 g/mol. The van der Waals surface area contributed by atoms with Gasteiger partial charge in [0.25, 0.3) is 5.69 Å². The maximum absolute atomic E-state index is 11.5. The van der Waals surface area contributed by atoms with Gasteiger partial charge in [-0.2, -0.15) is 0 Å². The number of hydrogen-bond donors (Lipinski definition) is 0. The van der Waals surface area contributed by atoms with Crippen LogP contribution in [0.2, 0.25) is 0 Å². The number of esters is 1.